The molecular formula is C19H23N5OS. The van der Waals surface area contributed by atoms with Crippen LogP contribution in [0.15, 0.2) is 24.3 Å². The van der Waals surface area contributed by atoms with Gasteiger partial charge in [-0.1, -0.05) is 23.5 Å². The first kappa shape index (κ1) is 17.0. The lowest BCUT2D eigenvalue weighted by molar-refractivity contribution is -0.131. The van der Waals surface area contributed by atoms with E-state index in [9.17, 15) is 4.79 Å². The summed E-state index contributed by atoms with van der Waals surface area (Å²) in [5.74, 6) is 0.217. The van der Waals surface area contributed by atoms with Gasteiger partial charge in [0.25, 0.3) is 0 Å². The highest BCUT2D eigenvalue weighted by Crippen LogP contribution is 2.29. The highest BCUT2D eigenvalue weighted by atomic mass is 32.1. The zero-order valence-electron chi connectivity index (χ0n) is 15.2. The molecule has 4 rings (SSSR count). The van der Waals surface area contributed by atoms with E-state index in [2.05, 4.69) is 28.1 Å². The van der Waals surface area contributed by atoms with E-state index >= 15 is 0 Å². The first-order valence-electron chi connectivity index (χ1n) is 9.00. The molecule has 1 aliphatic rings. The normalized spacial score (nSPS) is 15.0. The van der Waals surface area contributed by atoms with Crippen LogP contribution in [-0.2, 0) is 11.2 Å². The van der Waals surface area contributed by atoms with Gasteiger partial charge in [-0.25, -0.2) is 4.98 Å². The number of hydrogen-bond acceptors (Lipinski definition) is 5. The van der Waals surface area contributed by atoms with Crippen LogP contribution in [0.1, 0.15) is 23.4 Å². The van der Waals surface area contributed by atoms with Crippen molar-refractivity contribution in [2.45, 2.75) is 26.7 Å². The van der Waals surface area contributed by atoms with E-state index in [1.807, 2.05) is 30.0 Å². The number of nitrogens with one attached hydrogen (secondary N) is 1. The lowest BCUT2D eigenvalue weighted by Gasteiger charge is -2.34. The average Bonchev–Trinajstić information content (AvgIpc) is 3.24. The minimum absolute atomic E-state index is 0.217. The number of carbonyl (C=O) groups excluding carboxylic acids is 1. The molecule has 1 aliphatic heterocycles. The summed E-state index contributed by atoms with van der Waals surface area (Å²) >= 11 is 1.72. The van der Waals surface area contributed by atoms with Gasteiger partial charge in [0.05, 0.1) is 15.9 Å². The number of H-pyrrole nitrogens is 1. The second-order valence-electron chi connectivity index (χ2n) is 6.75. The van der Waals surface area contributed by atoms with Crippen molar-refractivity contribution in [1.29, 1.82) is 0 Å². The number of fused-ring (bicyclic) bond motifs is 1. The maximum atomic E-state index is 12.5. The smallest absolute Gasteiger partial charge is 0.223 e. The van der Waals surface area contributed by atoms with Crippen molar-refractivity contribution < 1.29 is 4.79 Å². The van der Waals surface area contributed by atoms with E-state index in [0.29, 0.717) is 12.8 Å². The molecule has 0 bridgehead atoms. The lowest BCUT2D eigenvalue weighted by Crippen LogP contribution is -2.48. The number of para-hydroxylation sites is 1. The third-order valence-electron chi connectivity index (χ3n) is 5.12. The number of hydrogen-bond donors (Lipinski definition) is 1. The Kier molecular flexibility index (Phi) is 4.63. The van der Waals surface area contributed by atoms with E-state index in [-0.39, 0.29) is 5.91 Å². The Bertz CT molecular complexity index is 890. The summed E-state index contributed by atoms with van der Waals surface area (Å²) in [4.78, 5) is 21.5. The molecule has 3 heterocycles. The van der Waals surface area contributed by atoms with Crippen molar-refractivity contribution in [1.82, 2.24) is 20.1 Å². The van der Waals surface area contributed by atoms with Gasteiger partial charge < -0.3 is 9.80 Å². The number of benzene rings is 1. The van der Waals surface area contributed by atoms with E-state index in [1.54, 1.807) is 11.3 Å². The molecule has 0 radical (unpaired) electrons. The van der Waals surface area contributed by atoms with Crippen LogP contribution in [-0.4, -0.2) is 52.2 Å². The van der Waals surface area contributed by atoms with Crippen molar-refractivity contribution in [2.24, 2.45) is 0 Å². The number of amides is 1. The first-order valence-corrected chi connectivity index (χ1v) is 9.82. The van der Waals surface area contributed by atoms with Gasteiger partial charge >= 0.3 is 0 Å². The van der Waals surface area contributed by atoms with Gasteiger partial charge in [-0.2, -0.15) is 5.10 Å². The van der Waals surface area contributed by atoms with Gasteiger partial charge in [0.1, 0.15) is 0 Å². The van der Waals surface area contributed by atoms with Crippen molar-refractivity contribution in [2.75, 3.05) is 31.1 Å². The minimum Gasteiger partial charge on any atom is -0.345 e. The lowest BCUT2D eigenvalue weighted by atomic mass is 10.1. The van der Waals surface area contributed by atoms with Crippen LogP contribution in [0.5, 0.6) is 0 Å². The third kappa shape index (κ3) is 3.31. The van der Waals surface area contributed by atoms with Crippen LogP contribution in [0.2, 0.25) is 0 Å². The second kappa shape index (κ2) is 7.07. The second-order valence-corrected chi connectivity index (χ2v) is 7.76. The Morgan fingerprint density at radius 2 is 1.96 bits per heavy atom. The molecule has 1 N–H and O–H groups in total. The molecule has 3 aromatic rings. The summed E-state index contributed by atoms with van der Waals surface area (Å²) in [6.45, 7) is 7.25. The summed E-state index contributed by atoms with van der Waals surface area (Å²) in [7, 11) is 0. The fourth-order valence-corrected chi connectivity index (χ4v) is 4.32. The third-order valence-corrected chi connectivity index (χ3v) is 6.21. The molecule has 0 atom stereocenters. The predicted molar refractivity (Wildman–Crippen MR) is 105 cm³/mol. The minimum atomic E-state index is 0.217. The molecule has 0 aliphatic carbocycles. The molecule has 2 aromatic heterocycles. The predicted octanol–water partition coefficient (Wildman–Crippen LogP) is 2.92. The number of rotatable bonds is 4. The molecule has 1 fully saturated rings. The highest BCUT2D eigenvalue weighted by Gasteiger charge is 2.23. The summed E-state index contributed by atoms with van der Waals surface area (Å²) in [5.41, 5.74) is 4.30. The Morgan fingerprint density at radius 1 is 1.19 bits per heavy atom. The van der Waals surface area contributed by atoms with Crippen LogP contribution < -0.4 is 4.90 Å². The standard InChI is InChI=1S/C19H23N5OS/c1-13-14(2)21-22-15(13)7-8-18(25)23-9-11-24(12-10-23)19-20-16-5-3-4-6-17(16)26-19/h3-6H,7-12H2,1-2H3,(H,21,22). The quantitative estimate of drug-likeness (QED) is 0.768. The highest BCUT2D eigenvalue weighted by molar-refractivity contribution is 7.22. The summed E-state index contributed by atoms with van der Waals surface area (Å²) < 4.78 is 1.21. The van der Waals surface area contributed by atoms with Crippen molar-refractivity contribution in [3.8, 4) is 0 Å². The van der Waals surface area contributed by atoms with Gasteiger partial charge in [0.15, 0.2) is 5.13 Å². The molecule has 136 valence electrons. The van der Waals surface area contributed by atoms with Crippen molar-refractivity contribution in [3.63, 3.8) is 0 Å². The van der Waals surface area contributed by atoms with E-state index in [4.69, 9.17) is 4.98 Å². The SMILES string of the molecule is Cc1[nH]nc(CCC(=O)N2CCN(c3nc4ccccc4s3)CC2)c1C. The van der Waals surface area contributed by atoms with Crippen LogP contribution in [0.25, 0.3) is 10.2 Å². The maximum Gasteiger partial charge on any atom is 0.223 e. The van der Waals surface area contributed by atoms with Crippen LogP contribution >= 0.6 is 11.3 Å². The van der Waals surface area contributed by atoms with E-state index in [0.717, 1.165) is 48.2 Å². The Hall–Kier alpha value is -2.41. The topological polar surface area (TPSA) is 65.1 Å². The van der Waals surface area contributed by atoms with E-state index in [1.165, 1.54) is 10.3 Å². The molecule has 0 saturated carbocycles. The molecule has 1 amide bonds. The number of carbonyl (C=O) groups is 1. The fourth-order valence-electron chi connectivity index (χ4n) is 3.30. The summed E-state index contributed by atoms with van der Waals surface area (Å²) in [6.07, 6.45) is 1.22. The monoisotopic (exact) mass is 369 g/mol. The molecular weight excluding hydrogens is 346 g/mol. The Balaban J connectivity index is 1.32. The number of aromatic amines is 1. The Morgan fingerprint density at radius 3 is 2.65 bits per heavy atom. The number of aryl methyl sites for hydroxylation is 2. The molecule has 7 heteroatoms. The fraction of sp³-hybridized carbons (Fsp3) is 0.421. The number of anilines is 1. The Labute approximate surface area is 156 Å². The molecule has 26 heavy (non-hydrogen) atoms. The van der Waals surface area contributed by atoms with Gasteiger partial charge in [-0.3, -0.25) is 9.89 Å². The van der Waals surface area contributed by atoms with Crippen LogP contribution in [0.4, 0.5) is 5.13 Å². The molecule has 1 aromatic carbocycles. The molecule has 6 nitrogen and oxygen atoms in total. The number of thiazole rings is 1. The van der Waals surface area contributed by atoms with Crippen LogP contribution in [0, 0.1) is 13.8 Å². The molecule has 1 saturated heterocycles. The average molecular weight is 369 g/mol. The first-order chi connectivity index (χ1) is 12.6. The van der Waals surface area contributed by atoms with Gasteiger partial charge in [0.2, 0.25) is 5.91 Å². The van der Waals surface area contributed by atoms with Gasteiger partial charge in [-0.05, 0) is 31.5 Å². The largest absolute Gasteiger partial charge is 0.345 e. The number of aromatic nitrogens is 3. The zero-order chi connectivity index (χ0) is 18.1. The summed E-state index contributed by atoms with van der Waals surface area (Å²) in [6, 6.07) is 8.22. The molecule has 0 unspecified atom stereocenters. The number of nitrogens with zero attached hydrogens (tertiary/aromatic N) is 4. The van der Waals surface area contributed by atoms with Crippen LogP contribution in [0.3, 0.4) is 0 Å². The van der Waals surface area contributed by atoms with Gasteiger partial charge in [-0.15, -0.1) is 0 Å². The zero-order valence-corrected chi connectivity index (χ0v) is 16.0. The molecule has 0 spiro atoms. The van der Waals surface area contributed by atoms with Gasteiger partial charge in [0, 0.05) is 44.7 Å². The summed E-state index contributed by atoms with van der Waals surface area (Å²) in [5, 5.41) is 8.34. The van der Waals surface area contributed by atoms with E-state index < -0.39 is 0 Å². The van der Waals surface area contributed by atoms with Crippen molar-refractivity contribution in [3.05, 3.63) is 41.2 Å². The number of piperazine rings is 1. The van der Waals surface area contributed by atoms with Crippen molar-refractivity contribution >= 4 is 32.6 Å². The maximum absolute atomic E-state index is 12.5.